The van der Waals surface area contributed by atoms with E-state index in [2.05, 4.69) is 9.62 Å². The van der Waals surface area contributed by atoms with Gasteiger partial charge in [-0.1, -0.05) is 0 Å². The minimum Gasteiger partial charge on any atom is -0.480 e. The van der Waals surface area contributed by atoms with Crippen molar-refractivity contribution in [3.05, 3.63) is 0 Å². The molecule has 0 bridgehead atoms. The van der Waals surface area contributed by atoms with E-state index in [-0.39, 0.29) is 12.6 Å². The molecule has 6 nitrogen and oxygen atoms in total. The number of carboxylic acid groups (broad SMARTS) is 1. The summed E-state index contributed by atoms with van der Waals surface area (Å²) in [5.74, 6) is -1.33. The quantitative estimate of drug-likeness (QED) is 0.685. The van der Waals surface area contributed by atoms with Crippen molar-refractivity contribution < 1.29 is 18.3 Å². The summed E-state index contributed by atoms with van der Waals surface area (Å²) in [4.78, 5) is 12.7. The van der Waals surface area contributed by atoms with Crippen LogP contribution in [0.4, 0.5) is 0 Å². The summed E-state index contributed by atoms with van der Waals surface area (Å²) in [5.41, 5.74) is 0. The minimum atomic E-state index is -3.75. The standard InChI is InChI=1S/C9H18N2O4S/c1-7(9(12)13)16(14,15)10-6-8-4-3-5-11(8)2/h7-8,10H,3-6H2,1-2H3,(H,12,13). The molecule has 0 aromatic carbocycles. The molecule has 0 aromatic rings. The lowest BCUT2D eigenvalue weighted by atomic mass is 10.2. The van der Waals surface area contributed by atoms with Crippen LogP contribution in [0, 0.1) is 0 Å². The SMILES string of the molecule is CC(C(=O)O)S(=O)(=O)NCC1CCCN1C. The van der Waals surface area contributed by atoms with E-state index in [1.165, 1.54) is 6.92 Å². The Balaban J connectivity index is 2.51. The molecule has 0 aromatic heterocycles. The second-order valence-corrected chi connectivity index (χ2v) is 6.24. The zero-order chi connectivity index (χ0) is 12.3. The third kappa shape index (κ3) is 3.16. The van der Waals surface area contributed by atoms with Gasteiger partial charge in [-0.3, -0.25) is 4.79 Å². The van der Waals surface area contributed by atoms with Crippen molar-refractivity contribution >= 4 is 16.0 Å². The third-order valence-corrected chi connectivity index (χ3v) is 4.71. The van der Waals surface area contributed by atoms with Crippen LogP contribution >= 0.6 is 0 Å². The number of likely N-dealkylation sites (N-methyl/N-ethyl adjacent to an activating group) is 1. The molecule has 1 rings (SSSR count). The van der Waals surface area contributed by atoms with Crippen molar-refractivity contribution in [3.63, 3.8) is 0 Å². The first-order valence-electron chi connectivity index (χ1n) is 5.26. The van der Waals surface area contributed by atoms with E-state index in [9.17, 15) is 13.2 Å². The predicted octanol–water partition coefficient (Wildman–Crippen LogP) is -0.527. The zero-order valence-electron chi connectivity index (χ0n) is 9.51. The molecular formula is C9H18N2O4S. The van der Waals surface area contributed by atoms with Crippen LogP contribution in [0.25, 0.3) is 0 Å². The summed E-state index contributed by atoms with van der Waals surface area (Å²) in [7, 11) is -1.81. The van der Waals surface area contributed by atoms with E-state index in [0.29, 0.717) is 0 Å². The molecular weight excluding hydrogens is 232 g/mol. The number of likely N-dealkylation sites (tertiary alicyclic amines) is 1. The van der Waals surface area contributed by atoms with Gasteiger partial charge in [0.2, 0.25) is 10.0 Å². The van der Waals surface area contributed by atoms with Crippen LogP contribution in [0.15, 0.2) is 0 Å². The van der Waals surface area contributed by atoms with E-state index >= 15 is 0 Å². The fourth-order valence-corrected chi connectivity index (χ4v) is 2.65. The number of sulfonamides is 1. The van der Waals surface area contributed by atoms with E-state index in [1.807, 2.05) is 7.05 Å². The molecule has 1 saturated heterocycles. The normalized spacial score (nSPS) is 24.5. The summed E-state index contributed by atoms with van der Waals surface area (Å²) < 4.78 is 25.4. The predicted molar refractivity (Wildman–Crippen MR) is 59.7 cm³/mol. The third-order valence-electron chi connectivity index (χ3n) is 3.00. The highest BCUT2D eigenvalue weighted by Crippen LogP contribution is 2.14. The van der Waals surface area contributed by atoms with Crippen LogP contribution in [0.5, 0.6) is 0 Å². The van der Waals surface area contributed by atoms with E-state index in [1.54, 1.807) is 0 Å². The molecule has 2 atom stereocenters. The van der Waals surface area contributed by atoms with E-state index < -0.39 is 21.2 Å². The van der Waals surface area contributed by atoms with Gasteiger partial charge in [-0.15, -0.1) is 0 Å². The highest BCUT2D eigenvalue weighted by molar-refractivity contribution is 7.90. The average Bonchev–Trinajstić information content (AvgIpc) is 2.60. The molecule has 94 valence electrons. The lowest BCUT2D eigenvalue weighted by molar-refractivity contribution is -0.136. The number of aliphatic carboxylic acids is 1. The molecule has 2 unspecified atom stereocenters. The summed E-state index contributed by atoms with van der Waals surface area (Å²) in [6, 6.07) is 0.177. The monoisotopic (exact) mass is 250 g/mol. The first-order chi connectivity index (χ1) is 7.34. The van der Waals surface area contributed by atoms with Crippen LogP contribution in [0.1, 0.15) is 19.8 Å². The molecule has 7 heteroatoms. The van der Waals surface area contributed by atoms with Gasteiger partial charge in [0.15, 0.2) is 5.25 Å². The minimum absolute atomic E-state index is 0.177. The fourth-order valence-electron chi connectivity index (χ4n) is 1.71. The highest BCUT2D eigenvalue weighted by Gasteiger charge is 2.29. The summed E-state index contributed by atoms with van der Waals surface area (Å²) in [5, 5.41) is 7.23. The Morgan fingerprint density at radius 3 is 2.69 bits per heavy atom. The lowest BCUT2D eigenvalue weighted by Gasteiger charge is -2.20. The Hall–Kier alpha value is -0.660. The molecule has 0 saturated carbocycles. The van der Waals surface area contributed by atoms with Gasteiger partial charge in [-0.25, -0.2) is 13.1 Å². The topological polar surface area (TPSA) is 86.7 Å². The summed E-state index contributed by atoms with van der Waals surface area (Å²) in [6.07, 6.45) is 2.00. The number of carbonyl (C=O) groups is 1. The van der Waals surface area contributed by atoms with E-state index in [4.69, 9.17) is 5.11 Å². The average molecular weight is 250 g/mol. The maximum absolute atomic E-state index is 11.5. The molecule has 0 amide bonds. The molecule has 1 fully saturated rings. The van der Waals surface area contributed by atoms with Gasteiger partial charge >= 0.3 is 5.97 Å². The number of carboxylic acids is 1. The van der Waals surface area contributed by atoms with Gasteiger partial charge in [0, 0.05) is 12.6 Å². The van der Waals surface area contributed by atoms with Crippen LogP contribution in [0.2, 0.25) is 0 Å². The van der Waals surface area contributed by atoms with Crippen LogP contribution in [0.3, 0.4) is 0 Å². The second-order valence-electron chi connectivity index (χ2n) is 4.15. The van der Waals surface area contributed by atoms with Crippen molar-refractivity contribution in [2.75, 3.05) is 20.1 Å². The molecule has 0 spiro atoms. The van der Waals surface area contributed by atoms with Crippen molar-refractivity contribution in [1.29, 1.82) is 0 Å². The molecule has 1 aliphatic heterocycles. The van der Waals surface area contributed by atoms with Crippen molar-refractivity contribution in [3.8, 4) is 0 Å². The Labute approximate surface area is 95.7 Å². The van der Waals surface area contributed by atoms with Gasteiger partial charge < -0.3 is 10.0 Å². The molecule has 1 heterocycles. The maximum Gasteiger partial charge on any atom is 0.323 e. The van der Waals surface area contributed by atoms with Crippen molar-refractivity contribution in [2.45, 2.75) is 31.1 Å². The summed E-state index contributed by atoms with van der Waals surface area (Å²) >= 11 is 0. The Kier molecular flexibility index (Phi) is 4.28. The van der Waals surface area contributed by atoms with Crippen LogP contribution in [-0.2, 0) is 14.8 Å². The van der Waals surface area contributed by atoms with Gasteiger partial charge in [-0.05, 0) is 33.4 Å². The fraction of sp³-hybridized carbons (Fsp3) is 0.889. The first-order valence-corrected chi connectivity index (χ1v) is 6.80. The molecule has 0 radical (unpaired) electrons. The second kappa shape index (κ2) is 5.11. The lowest BCUT2D eigenvalue weighted by Crippen LogP contribution is -2.43. The Morgan fingerprint density at radius 2 is 2.25 bits per heavy atom. The van der Waals surface area contributed by atoms with Gasteiger partial charge in [0.05, 0.1) is 0 Å². The number of hydrogen-bond donors (Lipinski definition) is 2. The first kappa shape index (κ1) is 13.4. The van der Waals surface area contributed by atoms with E-state index in [0.717, 1.165) is 19.4 Å². The number of nitrogens with zero attached hydrogens (tertiary/aromatic N) is 1. The molecule has 16 heavy (non-hydrogen) atoms. The van der Waals surface area contributed by atoms with Gasteiger partial charge in [0.1, 0.15) is 0 Å². The number of hydrogen-bond acceptors (Lipinski definition) is 4. The Morgan fingerprint density at radius 1 is 1.62 bits per heavy atom. The van der Waals surface area contributed by atoms with Gasteiger partial charge in [0.25, 0.3) is 0 Å². The highest BCUT2D eigenvalue weighted by atomic mass is 32.2. The number of rotatable bonds is 5. The van der Waals surface area contributed by atoms with Crippen molar-refractivity contribution in [1.82, 2.24) is 9.62 Å². The maximum atomic E-state index is 11.5. The van der Waals surface area contributed by atoms with Gasteiger partial charge in [-0.2, -0.15) is 0 Å². The summed E-state index contributed by atoms with van der Waals surface area (Å²) in [6.45, 7) is 2.42. The van der Waals surface area contributed by atoms with Crippen molar-refractivity contribution in [2.24, 2.45) is 0 Å². The zero-order valence-corrected chi connectivity index (χ0v) is 10.3. The Bertz CT molecular complexity index is 355. The molecule has 1 aliphatic rings. The van der Waals surface area contributed by atoms with Crippen LogP contribution < -0.4 is 4.72 Å². The van der Waals surface area contributed by atoms with Crippen LogP contribution in [-0.4, -0.2) is 55.8 Å². The molecule has 0 aliphatic carbocycles. The smallest absolute Gasteiger partial charge is 0.323 e. The molecule has 2 N–H and O–H groups in total. The number of nitrogens with one attached hydrogen (secondary N) is 1. The largest absolute Gasteiger partial charge is 0.480 e.